The number of fused-ring (bicyclic) bond motifs is 1. The molecule has 0 spiro atoms. The molecule has 5 rings (SSSR count). The minimum atomic E-state index is -3.89. The Morgan fingerprint density at radius 2 is 2.12 bits per heavy atom. The average Bonchev–Trinajstić information content (AvgIpc) is 3.22. The lowest BCUT2D eigenvalue weighted by Crippen LogP contribution is -2.31. The first-order valence-electron chi connectivity index (χ1n) is 9.78. The van der Waals surface area contributed by atoms with Gasteiger partial charge in [0.25, 0.3) is 10.0 Å². The molecule has 170 valence electrons. The molecule has 4 aromatic rings. The van der Waals surface area contributed by atoms with Crippen LogP contribution in [0.5, 0.6) is 0 Å². The molecule has 4 N–H and O–H groups in total. The summed E-state index contributed by atoms with van der Waals surface area (Å²) < 4.78 is 27.9. The fraction of sp³-hybridized carbons (Fsp3) is 0.250. The summed E-state index contributed by atoms with van der Waals surface area (Å²) in [5.41, 5.74) is 1.97. The SMILES string of the molecule is CC1CC1(C#N)CNS(=O)(=O)c1cncc(-c2cnc3[nH]c(-c4nccs4)cc3c2)n1.NS. The minimum absolute atomic E-state index is 0.0648. The third-order valence-corrected chi connectivity index (χ3v) is 7.65. The number of pyridine rings is 1. The number of rotatable bonds is 6. The van der Waals surface area contributed by atoms with Gasteiger partial charge in [-0.05, 0) is 24.5 Å². The number of H-pyrrole nitrogens is 1. The molecule has 2 unspecified atom stereocenters. The molecule has 1 aliphatic rings. The highest BCUT2D eigenvalue weighted by Crippen LogP contribution is 2.51. The third kappa shape index (κ3) is 4.61. The Bertz CT molecular complexity index is 1430. The maximum Gasteiger partial charge on any atom is 0.259 e. The molecule has 4 aromatic heterocycles. The number of aromatic amines is 1. The van der Waals surface area contributed by atoms with Crippen LogP contribution in [-0.4, -0.2) is 39.9 Å². The second-order valence-electron chi connectivity index (χ2n) is 7.62. The smallest absolute Gasteiger partial charge is 0.259 e. The number of sulfonamides is 1. The van der Waals surface area contributed by atoms with E-state index in [1.807, 2.05) is 24.4 Å². The van der Waals surface area contributed by atoms with Gasteiger partial charge in [-0.1, -0.05) is 6.92 Å². The van der Waals surface area contributed by atoms with Crippen LogP contribution in [0.4, 0.5) is 0 Å². The van der Waals surface area contributed by atoms with Crippen LogP contribution in [0.2, 0.25) is 0 Å². The number of hydrogen-bond donors (Lipinski definition) is 4. The van der Waals surface area contributed by atoms with E-state index in [0.717, 1.165) is 16.1 Å². The Hall–Kier alpha value is -2.89. The zero-order chi connectivity index (χ0) is 23.6. The molecule has 33 heavy (non-hydrogen) atoms. The second kappa shape index (κ2) is 9.16. The van der Waals surface area contributed by atoms with Crippen molar-refractivity contribution in [2.45, 2.75) is 18.4 Å². The van der Waals surface area contributed by atoms with Gasteiger partial charge >= 0.3 is 0 Å². The Kier molecular flexibility index (Phi) is 6.46. The molecule has 10 nitrogen and oxygen atoms in total. The van der Waals surface area contributed by atoms with E-state index in [-0.39, 0.29) is 17.5 Å². The average molecular weight is 501 g/mol. The second-order valence-corrected chi connectivity index (χ2v) is 10.2. The van der Waals surface area contributed by atoms with Crippen LogP contribution >= 0.6 is 24.2 Å². The zero-order valence-corrected chi connectivity index (χ0v) is 20.0. The predicted octanol–water partition coefficient (Wildman–Crippen LogP) is 2.76. The lowest BCUT2D eigenvalue weighted by Gasteiger charge is -2.10. The van der Waals surface area contributed by atoms with Crippen LogP contribution < -0.4 is 9.86 Å². The summed E-state index contributed by atoms with van der Waals surface area (Å²) in [5.74, 6) is 0.172. The number of nitrogens with zero attached hydrogens (tertiary/aromatic N) is 5. The highest BCUT2D eigenvalue weighted by molar-refractivity contribution is 7.89. The summed E-state index contributed by atoms with van der Waals surface area (Å²) >= 11 is 4.55. The Morgan fingerprint density at radius 3 is 2.79 bits per heavy atom. The fourth-order valence-corrected chi connectivity index (χ4v) is 5.09. The number of nitrogens with two attached hydrogens (primary N) is 1. The van der Waals surface area contributed by atoms with Crippen molar-refractivity contribution in [2.75, 3.05) is 6.54 Å². The first kappa shape index (κ1) is 23.3. The fourth-order valence-electron chi connectivity index (χ4n) is 3.47. The van der Waals surface area contributed by atoms with E-state index in [4.69, 9.17) is 0 Å². The molecule has 4 heterocycles. The van der Waals surface area contributed by atoms with Crippen LogP contribution in [0.25, 0.3) is 33.0 Å². The molecule has 1 aliphatic carbocycles. The molecule has 0 radical (unpaired) electrons. The van der Waals surface area contributed by atoms with Crippen molar-refractivity contribution in [3.63, 3.8) is 0 Å². The summed E-state index contributed by atoms with van der Waals surface area (Å²) in [7, 11) is -3.89. The van der Waals surface area contributed by atoms with E-state index in [1.54, 1.807) is 12.4 Å². The van der Waals surface area contributed by atoms with Crippen LogP contribution in [0, 0.1) is 22.7 Å². The summed E-state index contributed by atoms with van der Waals surface area (Å²) in [6.45, 7) is 2.00. The van der Waals surface area contributed by atoms with Gasteiger partial charge < -0.3 is 4.98 Å². The Labute approximate surface area is 199 Å². The number of nitrogens with one attached hydrogen (secondary N) is 2. The topological polar surface area (TPSA) is 163 Å². The summed E-state index contributed by atoms with van der Waals surface area (Å²) in [5, 5.41) is 16.9. The van der Waals surface area contributed by atoms with Crippen molar-refractivity contribution in [1.29, 1.82) is 5.26 Å². The van der Waals surface area contributed by atoms with Gasteiger partial charge in [0.2, 0.25) is 0 Å². The van der Waals surface area contributed by atoms with Gasteiger partial charge in [-0.2, -0.15) is 5.26 Å². The van der Waals surface area contributed by atoms with E-state index in [0.29, 0.717) is 23.3 Å². The van der Waals surface area contributed by atoms with E-state index in [1.165, 1.54) is 23.7 Å². The number of nitriles is 1. The third-order valence-electron chi connectivity index (χ3n) is 5.57. The van der Waals surface area contributed by atoms with Crippen molar-refractivity contribution in [2.24, 2.45) is 16.5 Å². The molecule has 13 heteroatoms. The summed E-state index contributed by atoms with van der Waals surface area (Å²) in [6.07, 6.45) is 6.74. The summed E-state index contributed by atoms with van der Waals surface area (Å²) in [4.78, 5) is 20.3. The normalized spacial score (nSPS) is 19.5. The number of thiol groups is 1. The summed E-state index contributed by atoms with van der Waals surface area (Å²) in [6, 6.07) is 6.03. The molecule has 0 bridgehead atoms. The monoisotopic (exact) mass is 500 g/mol. The molecule has 0 aliphatic heterocycles. The molecule has 1 saturated carbocycles. The van der Waals surface area contributed by atoms with Crippen molar-refractivity contribution in [3.8, 4) is 28.0 Å². The van der Waals surface area contributed by atoms with Gasteiger partial charge in [-0.15, -0.1) is 24.2 Å². The van der Waals surface area contributed by atoms with Crippen molar-refractivity contribution in [1.82, 2.24) is 29.6 Å². The van der Waals surface area contributed by atoms with E-state index >= 15 is 0 Å². The van der Waals surface area contributed by atoms with Crippen molar-refractivity contribution in [3.05, 3.63) is 42.3 Å². The molecule has 0 amide bonds. The lowest BCUT2D eigenvalue weighted by molar-refractivity contribution is 0.544. The van der Waals surface area contributed by atoms with Crippen LogP contribution in [0.15, 0.2) is 47.3 Å². The van der Waals surface area contributed by atoms with Gasteiger partial charge in [0, 0.05) is 35.3 Å². The molecule has 0 saturated heterocycles. The van der Waals surface area contributed by atoms with E-state index < -0.39 is 15.4 Å². The maximum absolute atomic E-state index is 12.7. The van der Waals surface area contributed by atoms with Crippen LogP contribution in [0.1, 0.15) is 13.3 Å². The Balaban J connectivity index is 0.00000126. The molecule has 0 aromatic carbocycles. The molecule has 2 atom stereocenters. The highest BCUT2D eigenvalue weighted by Gasteiger charge is 2.52. The largest absolute Gasteiger partial charge is 0.337 e. The maximum atomic E-state index is 12.7. The first-order valence-corrected chi connectivity index (χ1v) is 12.7. The predicted molar refractivity (Wildman–Crippen MR) is 128 cm³/mol. The number of aromatic nitrogens is 5. The molecular weight excluding hydrogens is 480 g/mol. The Morgan fingerprint density at radius 1 is 1.33 bits per heavy atom. The lowest BCUT2D eigenvalue weighted by atomic mass is 10.1. The molecule has 1 fully saturated rings. The quantitative estimate of drug-likeness (QED) is 0.294. The van der Waals surface area contributed by atoms with E-state index in [9.17, 15) is 13.7 Å². The van der Waals surface area contributed by atoms with Gasteiger partial charge in [-0.3, -0.25) is 10.1 Å². The van der Waals surface area contributed by atoms with Gasteiger partial charge in [0.15, 0.2) is 5.03 Å². The zero-order valence-electron chi connectivity index (χ0n) is 17.4. The first-order chi connectivity index (χ1) is 15.9. The number of hydrogen-bond acceptors (Lipinski definition) is 10. The van der Waals surface area contributed by atoms with Crippen molar-refractivity contribution < 1.29 is 8.42 Å². The highest BCUT2D eigenvalue weighted by atomic mass is 32.2. The number of thiazole rings is 1. The van der Waals surface area contributed by atoms with Crippen LogP contribution in [-0.2, 0) is 10.0 Å². The van der Waals surface area contributed by atoms with Crippen LogP contribution in [0.3, 0.4) is 0 Å². The van der Waals surface area contributed by atoms with Gasteiger partial charge in [0.05, 0.1) is 35.3 Å². The molecular formula is C20H20N8O2S3. The van der Waals surface area contributed by atoms with Gasteiger partial charge in [0.1, 0.15) is 10.7 Å². The van der Waals surface area contributed by atoms with Gasteiger partial charge in [-0.25, -0.2) is 28.1 Å². The standard InChI is InChI=1S/C20H17N7O2S2.H3NS/c1-12-6-20(12,10-21)11-25-31(28,29)17-9-22-8-16(26-17)14-4-13-5-15(19-23-2-3-30-19)27-18(13)24-7-14;1-2/h2-5,7-9,12,25H,6,11H2,1H3,(H,24,27);2H,1H2. The minimum Gasteiger partial charge on any atom is -0.337 e. The van der Waals surface area contributed by atoms with E-state index in [2.05, 4.69) is 53.7 Å². The van der Waals surface area contributed by atoms with Crippen molar-refractivity contribution >= 4 is 45.2 Å².